The summed E-state index contributed by atoms with van der Waals surface area (Å²) in [4.78, 5) is 43.9. The van der Waals surface area contributed by atoms with Crippen LogP contribution in [-0.2, 0) is 17.6 Å². The molecule has 4 heterocycles. The summed E-state index contributed by atoms with van der Waals surface area (Å²) in [5.41, 5.74) is 3.47. The quantitative estimate of drug-likeness (QED) is 0.495. The van der Waals surface area contributed by atoms with Gasteiger partial charge in [-0.1, -0.05) is 25.1 Å². The average molecular weight is 443 g/mol. The molecule has 0 radical (unpaired) electrons. The van der Waals surface area contributed by atoms with E-state index in [4.69, 9.17) is 0 Å². The molecule has 0 aliphatic carbocycles. The lowest BCUT2D eigenvalue weighted by Gasteiger charge is -2.35. The average Bonchev–Trinajstić information content (AvgIpc) is 3.26. The van der Waals surface area contributed by atoms with E-state index >= 15 is 0 Å². The van der Waals surface area contributed by atoms with Crippen molar-refractivity contribution in [3.63, 3.8) is 0 Å². The number of carbonyl (C=O) groups is 1. The summed E-state index contributed by atoms with van der Waals surface area (Å²) in [5, 5.41) is 1.11. The Morgan fingerprint density at radius 1 is 1.09 bits per heavy atom. The van der Waals surface area contributed by atoms with Gasteiger partial charge in [0.1, 0.15) is 11.6 Å². The van der Waals surface area contributed by atoms with Gasteiger partial charge in [0.05, 0.1) is 6.42 Å². The molecule has 168 valence electrons. The van der Waals surface area contributed by atoms with E-state index in [-0.39, 0.29) is 11.5 Å². The Morgan fingerprint density at radius 2 is 1.91 bits per heavy atom. The first kappa shape index (κ1) is 20.9. The number of para-hydroxylation sites is 1. The first-order chi connectivity index (χ1) is 16.1. The third kappa shape index (κ3) is 4.37. The third-order valence-electron chi connectivity index (χ3n) is 6.15. The number of amides is 1. The van der Waals surface area contributed by atoms with E-state index in [0.717, 1.165) is 46.6 Å². The van der Waals surface area contributed by atoms with Crippen molar-refractivity contribution < 1.29 is 4.79 Å². The zero-order chi connectivity index (χ0) is 22.8. The van der Waals surface area contributed by atoms with Gasteiger partial charge in [0.15, 0.2) is 0 Å². The number of pyridine rings is 1. The number of benzene rings is 1. The molecular formula is C25H26N6O2. The van der Waals surface area contributed by atoms with Gasteiger partial charge in [-0.2, -0.15) is 0 Å². The fourth-order valence-corrected chi connectivity index (χ4v) is 4.28. The van der Waals surface area contributed by atoms with Crippen LogP contribution in [0.5, 0.6) is 0 Å². The monoisotopic (exact) mass is 442 g/mol. The summed E-state index contributed by atoms with van der Waals surface area (Å²) in [5.74, 6) is 1.54. The highest BCUT2D eigenvalue weighted by atomic mass is 16.2. The lowest BCUT2D eigenvalue weighted by Crippen LogP contribution is -2.49. The normalized spacial score (nSPS) is 14.1. The van der Waals surface area contributed by atoms with Crippen molar-refractivity contribution >= 4 is 22.6 Å². The molecule has 0 saturated carbocycles. The minimum atomic E-state index is -0.158. The number of nitrogens with zero attached hydrogens (tertiary/aromatic N) is 4. The SMILES string of the molecule is CCc1cc(=O)[nH]c(-c2ccc(N3CCN(C(=O)Cc4c[nH]c5ccccc45)CC3)nc2)n1. The van der Waals surface area contributed by atoms with Crippen LogP contribution in [0.4, 0.5) is 5.82 Å². The van der Waals surface area contributed by atoms with Gasteiger partial charge in [0.2, 0.25) is 5.91 Å². The number of aromatic nitrogens is 4. The van der Waals surface area contributed by atoms with Crippen LogP contribution in [0.1, 0.15) is 18.2 Å². The molecule has 1 amide bonds. The van der Waals surface area contributed by atoms with Crippen LogP contribution >= 0.6 is 0 Å². The van der Waals surface area contributed by atoms with E-state index in [1.807, 2.05) is 54.4 Å². The second-order valence-electron chi connectivity index (χ2n) is 8.25. The van der Waals surface area contributed by atoms with Gasteiger partial charge in [-0.05, 0) is 30.2 Å². The van der Waals surface area contributed by atoms with E-state index < -0.39 is 0 Å². The van der Waals surface area contributed by atoms with E-state index in [1.54, 1.807) is 6.20 Å². The van der Waals surface area contributed by atoms with Gasteiger partial charge in [-0.25, -0.2) is 9.97 Å². The van der Waals surface area contributed by atoms with Crippen molar-refractivity contribution in [3.8, 4) is 11.4 Å². The van der Waals surface area contributed by atoms with Crippen molar-refractivity contribution in [2.45, 2.75) is 19.8 Å². The fraction of sp³-hybridized carbons (Fsp3) is 0.280. The van der Waals surface area contributed by atoms with Crippen molar-refractivity contribution in [1.82, 2.24) is 24.8 Å². The van der Waals surface area contributed by atoms with Gasteiger partial charge in [-0.3, -0.25) is 9.59 Å². The highest BCUT2D eigenvalue weighted by Gasteiger charge is 2.22. The Labute approximate surface area is 191 Å². The first-order valence-corrected chi connectivity index (χ1v) is 11.2. The molecule has 3 aromatic heterocycles. The number of carbonyl (C=O) groups excluding carboxylic acids is 1. The molecule has 8 nitrogen and oxygen atoms in total. The van der Waals surface area contributed by atoms with E-state index in [9.17, 15) is 9.59 Å². The number of anilines is 1. The number of nitrogens with one attached hydrogen (secondary N) is 2. The molecule has 4 aromatic rings. The maximum atomic E-state index is 12.9. The fourth-order valence-electron chi connectivity index (χ4n) is 4.28. The Hall–Kier alpha value is -3.94. The number of hydrogen-bond acceptors (Lipinski definition) is 5. The highest BCUT2D eigenvalue weighted by Crippen LogP contribution is 2.21. The largest absolute Gasteiger partial charge is 0.361 e. The number of fused-ring (bicyclic) bond motifs is 1. The summed E-state index contributed by atoms with van der Waals surface area (Å²) < 4.78 is 0. The third-order valence-corrected chi connectivity index (χ3v) is 6.15. The standard InChI is InChI=1S/C25H26N6O2/c1-2-19-14-23(32)29-25(28-19)17-7-8-22(27-15-17)30-9-11-31(12-10-30)24(33)13-18-16-26-21-6-4-3-5-20(18)21/h3-8,14-16,26H,2,9-13H2,1H3,(H,28,29,32). The van der Waals surface area contributed by atoms with Gasteiger partial charge in [0, 0.05) is 66.8 Å². The van der Waals surface area contributed by atoms with Crippen LogP contribution in [0.25, 0.3) is 22.3 Å². The Bertz CT molecular complexity index is 1330. The minimum absolute atomic E-state index is 0.147. The van der Waals surface area contributed by atoms with E-state index in [1.165, 1.54) is 6.07 Å². The molecule has 0 spiro atoms. The minimum Gasteiger partial charge on any atom is -0.361 e. The molecule has 1 fully saturated rings. The van der Waals surface area contributed by atoms with Gasteiger partial charge in [0.25, 0.3) is 5.56 Å². The topological polar surface area (TPSA) is 98.0 Å². The highest BCUT2D eigenvalue weighted by molar-refractivity contribution is 5.89. The Kier molecular flexibility index (Phi) is 5.64. The molecule has 5 rings (SSSR count). The Balaban J connectivity index is 1.21. The van der Waals surface area contributed by atoms with Crippen molar-refractivity contribution in [3.05, 3.63) is 76.5 Å². The van der Waals surface area contributed by atoms with Gasteiger partial charge >= 0.3 is 0 Å². The van der Waals surface area contributed by atoms with Crippen molar-refractivity contribution in [2.24, 2.45) is 0 Å². The molecule has 1 aliphatic rings. The van der Waals surface area contributed by atoms with Crippen LogP contribution in [0.15, 0.2) is 59.7 Å². The number of aromatic amines is 2. The van der Waals surface area contributed by atoms with Crippen molar-refractivity contribution in [2.75, 3.05) is 31.1 Å². The summed E-state index contributed by atoms with van der Waals surface area (Å²) in [6.45, 7) is 4.76. The maximum Gasteiger partial charge on any atom is 0.251 e. The second-order valence-corrected chi connectivity index (χ2v) is 8.25. The molecule has 1 saturated heterocycles. The zero-order valence-corrected chi connectivity index (χ0v) is 18.5. The molecule has 8 heteroatoms. The molecule has 1 aliphatic heterocycles. The van der Waals surface area contributed by atoms with Gasteiger partial charge < -0.3 is 19.8 Å². The molecule has 0 bridgehead atoms. The number of aryl methyl sites for hydroxylation is 1. The lowest BCUT2D eigenvalue weighted by molar-refractivity contribution is -0.130. The predicted octanol–water partition coefficient (Wildman–Crippen LogP) is 2.77. The number of H-pyrrole nitrogens is 2. The van der Waals surface area contributed by atoms with E-state index in [2.05, 4.69) is 24.8 Å². The molecule has 0 unspecified atom stereocenters. The Morgan fingerprint density at radius 3 is 2.67 bits per heavy atom. The number of piperazine rings is 1. The zero-order valence-electron chi connectivity index (χ0n) is 18.5. The summed E-state index contributed by atoms with van der Waals surface area (Å²) in [6.07, 6.45) is 4.77. The van der Waals surface area contributed by atoms with Crippen LogP contribution in [0, 0.1) is 0 Å². The van der Waals surface area contributed by atoms with Crippen LogP contribution in [0.3, 0.4) is 0 Å². The summed E-state index contributed by atoms with van der Waals surface area (Å²) >= 11 is 0. The first-order valence-electron chi connectivity index (χ1n) is 11.2. The van der Waals surface area contributed by atoms with Crippen LogP contribution in [0.2, 0.25) is 0 Å². The smallest absolute Gasteiger partial charge is 0.251 e. The number of hydrogen-bond donors (Lipinski definition) is 2. The van der Waals surface area contributed by atoms with E-state index in [0.29, 0.717) is 31.8 Å². The molecule has 1 aromatic carbocycles. The maximum absolute atomic E-state index is 12.9. The predicted molar refractivity (Wildman–Crippen MR) is 128 cm³/mol. The second kappa shape index (κ2) is 8.90. The number of rotatable bonds is 5. The van der Waals surface area contributed by atoms with Crippen molar-refractivity contribution in [1.29, 1.82) is 0 Å². The molecular weight excluding hydrogens is 416 g/mol. The van der Waals surface area contributed by atoms with Gasteiger partial charge in [-0.15, -0.1) is 0 Å². The van der Waals surface area contributed by atoms with Crippen LogP contribution in [-0.4, -0.2) is 56.9 Å². The molecule has 0 atom stereocenters. The van der Waals surface area contributed by atoms with Crippen LogP contribution < -0.4 is 10.5 Å². The summed E-state index contributed by atoms with van der Waals surface area (Å²) in [6, 6.07) is 13.4. The molecule has 2 N–H and O–H groups in total. The molecule has 33 heavy (non-hydrogen) atoms. The summed E-state index contributed by atoms with van der Waals surface area (Å²) in [7, 11) is 0. The lowest BCUT2D eigenvalue weighted by atomic mass is 10.1.